The van der Waals surface area contributed by atoms with Gasteiger partial charge in [-0.3, -0.25) is 13.9 Å². The summed E-state index contributed by atoms with van der Waals surface area (Å²) in [5, 5.41) is 0. The van der Waals surface area contributed by atoms with Crippen LogP contribution in [0.25, 0.3) is 11.0 Å². The maximum atomic E-state index is 13.1. The van der Waals surface area contributed by atoms with E-state index < -0.39 is 16.1 Å². The molecule has 0 spiro atoms. The Balaban J connectivity index is 2.08. The number of carbonyl (C=O) groups is 1. The van der Waals surface area contributed by atoms with Crippen molar-refractivity contribution in [2.75, 3.05) is 20.6 Å². The molecule has 0 unspecified atom stereocenters. The number of amides is 1. The van der Waals surface area contributed by atoms with E-state index in [2.05, 4.69) is 0 Å². The molecule has 1 aromatic carbocycles. The molecule has 3 rings (SSSR count). The van der Waals surface area contributed by atoms with Crippen LogP contribution in [0.1, 0.15) is 12.8 Å². The predicted octanol–water partition coefficient (Wildman–Crippen LogP) is 0.118. The van der Waals surface area contributed by atoms with Crippen LogP contribution in [-0.2, 0) is 28.9 Å². The number of hydrogen-bond donors (Lipinski definition) is 0. The second kappa shape index (κ2) is 5.99. The van der Waals surface area contributed by atoms with Gasteiger partial charge in [-0.25, -0.2) is 13.2 Å². The number of aromatic nitrogens is 2. The number of nitrogens with zero attached hydrogens (tertiary/aromatic N) is 4. The van der Waals surface area contributed by atoms with Gasteiger partial charge in [0.2, 0.25) is 15.9 Å². The highest BCUT2D eigenvalue weighted by Gasteiger charge is 2.40. The molecule has 0 aliphatic carbocycles. The first-order valence-corrected chi connectivity index (χ1v) is 9.48. The molecule has 9 heteroatoms. The maximum absolute atomic E-state index is 13.1. The fourth-order valence-corrected chi connectivity index (χ4v) is 5.03. The van der Waals surface area contributed by atoms with E-state index in [1.165, 1.54) is 30.5 Å². The predicted molar refractivity (Wildman–Crippen MR) is 93.8 cm³/mol. The summed E-state index contributed by atoms with van der Waals surface area (Å²) in [4.78, 5) is 25.9. The van der Waals surface area contributed by atoms with Crippen LogP contribution in [0, 0.1) is 0 Å². The van der Waals surface area contributed by atoms with Gasteiger partial charge < -0.3 is 4.90 Å². The highest BCUT2D eigenvalue weighted by atomic mass is 32.2. The number of imidazole rings is 1. The number of hydrogen-bond acceptors (Lipinski definition) is 4. The molecule has 0 radical (unpaired) electrons. The minimum Gasteiger partial charge on any atom is -0.347 e. The zero-order chi connectivity index (χ0) is 18.5. The first-order valence-electron chi connectivity index (χ1n) is 8.04. The summed E-state index contributed by atoms with van der Waals surface area (Å²) in [5.41, 5.74) is 0.989. The number of carbonyl (C=O) groups excluding carboxylic acids is 1. The monoisotopic (exact) mass is 366 g/mol. The van der Waals surface area contributed by atoms with Crippen LogP contribution in [0.3, 0.4) is 0 Å². The molecule has 1 fully saturated rings. The van der Waals surface area contributed by atoms with Crippen LogP contribution in [0.4, 0.5) is 0 Å². The van der Waals surface area contributed by atoms with E-state index in [0.717, 1.165) is 0 Å². The number of benzene rings is 1. The van der Waals surface area contributed by atoms with Gasteiger partial charge in [0.05, 0.1) is 15.9 Å². The molecular weight excluding hydrogens is 344 g/mol. The van der Waals surface area contributed by atoms with Crippen molar-refractivity contribution in [3.05, 3.63) is 28.7 Å². The maximum Gasteiger partial charge on any atom is 0.328 e. The quantitative estimate of drug-likeness (QED) is 0.772. The van der Waals surface area contributed by atoms with Crippen molar-refractivity contribution in [1.82, 2.24) is 18.3 Å². The topological polar surface area (TPSA) is 84.6 Å². The van der Waals surface area contributed by atoms with Crippen molar-refractivity contribution in [1.29, 1.82) is 0 Å². The second-order valence-corrected chi connectivity index (χ2v) is 8.45. The number of rotatable bonds is 3. The van der Waals surface area contributed by atoms with E-state index in [0.29, 0.717) is 30.4 Å². The molecule has 0 N–H and O–H groups in total. The molecule has 25 heavy (non-hydrogen) atoms. The Bertz CT molecular complexity index is 1000. The minimum absolute atomic E-state index is 0.0969. The third-order valence-corrected chi connectivity index (χ3v) is 6.68. The molecule has 1 saturated heterocycles. The Morgan fingerprint density at radius 2 is 1.80 bits per heavy atom. The number of likely N-dealkylation sites (N-methyl/N-ethyl adjacent to an activating group) is 1. The summed E-state index contributed by atoms with van der Waals surface area (Å²) >= 11 is 0. The summed E-state index contributed by atoms with van der Waals surface area (Å²) in [5.74, 6) is -0.214. The molecule has 1 amide bonds. The van der Waals surface area contributed by atoms with Gasteiger partial charge in [-0.05, 0) is 31.0 Å². The lowest BCUT2D eigenvalue weighted by Gasteiger charge is -2.25. The molecule has 1 aromatic heterocycles. The van der Waals surface area contributed by atoms with E-state index in [1.807, 2.05) is 0 Å². The van der Waals surface area contributed by atoms with E-state index in [1.54, 1.807) is 34.3 Å². The Labute approximate surface area is 146 Å². The normalized spacial score (nSPS) is 18.8. The minimum atomic E-state index is -3.82. The van der Waals surface area contributed by atoms with Crippen molar-refractivity contribution in [2.45, 2.75) is 23.8 Å². The lowest BCUT2D eigenvalue weighted by molar-refractivity contribution is -0.132. The van der Waals surface area contributed by atoms with Crippen molar-refractivity contribution < 1.29 is 13.2 Å². The van der Waals surface area contributed by atoms with Gasteiger partial charge in [-0.15, -0.1) is 0 Å². The fourth-order valence-electron chi connectivity index (χ4n) is 3.36. The fraction of sp³-hybridized carbons (Fsp3) is 0.500. The van der Waals surface area contributed by atoms with Gasteiger partial charge in [0, 0.05) is 34.7 Å². The molecule has 2 aromatic rings. The van der Waals surface area contributed by atoms with Crippen LogP contribution in [0.2, 0.25) is 0 Å². The molecule has 2 heterocycles. The van der Waals surface area contributed by atoms with Gasteiger partial charge >= 0.3 is 5.69 Å². The summed E-state index contributed by atoms with van der Waals surface area (Å²) in [6, 6.07) is 3.95. The smallest absolute Gasteiger partial charge is 0.328 e. The van der Waals surface area contributed by atoms with Gasteiger partial charge in [-0.1, -0.05) is 0 Å². The van der Waals surface area contributed by atoms with Gasteiger partial charge in [0.15, 0.2) is 0 Å². The number of sulfonamides is 1. The van der Waals surface area contributed by atoms with Crippen LogP contribution in [0.15, 0.2) is 27.9 Å². The Kier molecular flexibility index (Phi) is 4.24. The first-order chi connectivity index (χ1) is 11.7. The Morgan fingerprint density at radius 3 is 2.44 bits per heavy atom. The molecule has 0 saturated carbocycles. The van der Waals surface area contributed by atoms with Crippen molar-refractivity contribution in [2.24, 2.45) is 14.1 Å². The van der Waals surface area contributed by atoms with Crippen LogP contribution in [-0.4, -0.2) is 59.3 Å². The molecule has 1 aliphatic rings. The largest absolute Gasteiger partial charge is 0.347 e. The van der Waals surface area contributed by atoms with Gasteiger partial charge in [0.1, 0.15) is 6.04 Å². The lowest BCUT2D eigenvalue weighted by Crippen LogP contribution is -2.45. The Morgan fingerprint density at radius 1 is 1.16 bits per heavy atom. The molecule has 1 atom stereocenters. The molecule has 136 valence electrons. The lowest BCUT2D eigenvalue weighted by atomic mass is 10.2. The average molecular weight is 366 g/mol. The zero-order valence-corrected chi connectivity index (χ0v) is 15.6. The summed E-state index contributed by atoms with van der Waals surface area (Å²) in [6.07, 6.45) is 1.16. The van der Waals surface area contributed by atoms with Crippen molar-refractivity contribution in [3.63, 3.8) is 0 Å². The molecule has 0 bridgehead atoms. The average Bonchev–Trinajstić information content (AvgIpc) is 3.15. The van der Waals surface area contributed by atoms with Gasteiger partial charge in [0.25, 0.3) is 0 Å². The summed E-state index contributed by atoms with van der Waals surface area (Å²) in [7, 11) is 2.68. The third-order valence-electron chi connectivity index (χ3n) is 4.78. The van der Waals surface area contributed by atoms with E-state index >= 15 is 0 Å². The molecule has 1 aliphatic heterocycles. The highest BCUT2D eigenvalue weighted by Crippen LogP contribution is 2.28. The van der Waals surface area contributed by atoms with Crippen LogP contribution in [0.5, 0.6) is 0 Å². The highest BCUT2D eigenvalue weighted by molar-refractivity contribution is 7.89. The summed E-state index contributed by atoms with van der Waals surface area (Å²) < 4.78 is 30.3. The number of fused-ring (bicyclic) bond motifs is 1. The van der Waals surface area contributed by atoms with E-state index in [9.17, 15) is 18.0 Å². The summed E-state index contributed by atoms with van der Waals surface area (Å²) in [6.45, 7) is 0.318. The standard InChI is InChI=1S/C16H22N4O4S/c1-17(2)15(21)13-6-5-9-20(13)25(23,24)11-7-8-12-14(10-11)19(4)16(22)18(12)3/h7-8,10,13H,5-6,9H2,1-4H3/t13-/m0/s1. The zero-order valence-electron chi connectivity index (χ0n) is 14.8. The molecular formula is C16H22N4O4S. The van der Waals surface area contributed by atoms with Crippen molar-refractivity contribution in [3.8, 4) is 0 Å². The second-order valence-electron chi connectivity index (χ2n) is 6.56. The molecule has 8 nitrogen and oxygen atoms in total. The van der Waals surface area contributed by atoms with E-state index in [-0.39, 0.29) is 16.5 Å². The van der Waals surface area contributed by atoms with Crippen molar-refractivity contribution >= 4 is 27.0 Å². The van der Waals surface area contributed by atoms with Crippen LogP contribution < -0.4 is 5.69 Å². The first kappa shape index (κ1) is 17.7. The van der Waals surface area contributed by atoms with E-state index in [4.69, 9.17) is 0 Å². The number of aryl methyl sites for hydroxylation is 2. The third kappa shape index (κ3) is 2.67. The Hall–Kier alpha value is -2.13. The SMILES string of the molecule is CN(C)C(=O)[C@@H]1CCCN1S(=O)(=O)c1ccc2c(c1)n(C)c(=O)n2C. The van der Waals surface area contributed by atoms with Crippen LogP contribution >= 0.6 is 0 Å². The van der Waals surface area contributed by atoms with Gasteiger partial charge in [-0.2, -0.15) is 4.31 Å².